The summed E-state index contributed by atoms with van der Waals surface area (Å²) in [6, 6.07) is -0.834. The maximum atomic E-state index is 11.7. The van der Waals surface area contributed by atoms with E-state index in [1.165, 1.54) is 17.0 Å². The highest BCUT2D eigenvalue weighted by atomic mass is 16.4. The summed E-state index contributed by atoms with van der Waals surface area (Å²) in [6.07, 6.45) is 2.85. The van der Waals surface area contributed by atoms with Crippen molar-refractivity contribution in [1.29, 1.82) is 0 Å². The summed E-state index contributed by atoms with van der Waals surface area (Å²) in [5.41, 5.74) is -0.0389. The summed E-state index contributed by atoms with van der Waals surface area (Å²) in [6.45, 7) is 5.10. The van der Waals surface area contributed by atoms with Crippen LogP contribution in [-0.4, -0.2) is 20.6 Å². The van der Waals surface area contributed by atoms with Gasteiger partial charge in [0.05, 0.1) is 0 Å². The van der Waals surface area contributed by atoms with E-state index in [2.05, 4.69) is 4.98 Å². The van der Waals surface area contributed by atoms with Crippen molar-refractivity contribution in [2.24, 2.45) is 5.92 Å². The van der Waals surface area contributed by atoms with Gasteiger partial charge in [-0.3, -0.25) is 14.3 Å². The predicted octanol–water partition coefficient (Wildman–Crippen LogP) is 0.833. The fourth-order valence-electron chi connectivity index (χ4n) is 1.47. The molecule has 0 aromatic carbocycles. The average Bonchev–Trinajstić information content (AvgIpc) is 2.11. The maximum absolute atomic E-state index is 11.7. The molecule has 0 fully saturated rings. The molecule has 0 aliphatic carbocycles. The lowest BCUT2D eigenvalue weighted by Gasteiger charge is -2.18. The molecule has 1 aromatic rings. The number of aryl methyl sites for hydroxylation is 1. The van der Waals surface area contributed by atoms with E-state index in [4.69, 9.17) is 5.11 Å². The molecular weight excluding hydrogens is 196 g/mol. The number of carboxylic acid groups (broad SMARTS) is 1. The molecule has 1 heterocycles. The zero-order valence-electron chi connectivity index (χ0n) is 8.97. The first-order valence-corrected chi connectivity index (χ1v) is 4.71. The van der Waals surface area contributed by atoms with E-state index >= 15 is 0 Å². The van der Waals surface area contributed by atoms with Crippen LogP contribution in [-0.2, 0) is 4.79 Å². The molecule has 0 aliphatic rings. The van der Waals surface area contributed by atoms with E-state index in [1.54, 1.807) is 20.8 Å². The Labute approximate surface area is 87.4 Å². The molecule has 5 heteroatoms. The fraction of sp³-hybridized carbons (Fsp3) is 0.500. The van der Waals surface area contributed by atoms with E-state index < -0.39 is 12.0 Å². The Kier molecular flexibility index (Phi) is 3.24. The first-order chi connectivity index (χ1) is 6.95. The highest BCUT2D eigenvalue weighted by Crippen LogP contribution is 2.15. The van der Waals surface area contributed by atoms with E-state index in [1.807, 2.05) is 0 Å². The van der Waals surface area contributed by atoms with Gasteiger partial charge in [-0.25, -0.2) is 4.79 Å². The van der Waals surface area contributed by atoms with Gasteiger partial charge >= 0.3 is 5.97 Å². The molecule has 0 saturated carbocycles. The minimum Gasteiger partial charge on any atom is -0.480 e. The zero-order chi connectivity index (χ0) is 11.6. The first-order valence-electron chi connectivity index (χ1n) is 4.71. The van der Waals surface area contributed by atoms with Crippen LogP contribution < -0.4 is 5.56 Å². The second-order valence-electron chi connectivity index (χ2n) is 3.75. The van der Waals surface area contributed by atoms with Gasteiger partial charge in [0.15, 0.2) is 0 Å². The van der Waals surface area contributed by atoms with Crippen LogP contribution in [0.15, 0.2) is 17.2 Å². The number of hydrogen-bond acceptors (Lipinski definition) is 3. The molecule has 0 aliphatic heterocycles. The Morgan fingerprint density at radius 3 is 2.60 bits per heavy atom. The number of aliphatic carboxylic acids is 1. The van der Waals surface area contributed by atoms with Crippen molar-refractivity contribution < 1.29 is 9.90 Å². The van der Waals surface area contributed by atoms with Crippen molar-refractivity contribution in [3.05, 3.63) is 28.4 Å². The molecule has 1 atom stereocenters. The highest BCUT2D eigenvalue weighted by molar-refractivity contribution is 5.72. The number of hydrogen-bond donors (Lipinski definition) is 1. The van der Waals surface area contributed by atoms with Crippen LogP contribution in [0.1, 0.15) is 25.6 Å². The van der Waals surface area contributed by atoms with Gasteiger partial charge in [-0.2, -0.15) is 0 Å². The van der Waals surface area contributed by atoms with E-state index in [0.717, 1.165) is 0 Å². The quantitative estimate of drug-likeness (QED) is 0.802. The van der Waals surface area contributed by atoms with Crippen molar-refractivity contribution in [1.82, 2.24) is 9.55 Å². The lowest BCUT2D eigenvalue weighted by molar-refractivity contribution is -0.142. The second kappa shape index (κ2) is 4.25. The summed E-state index contributed by atoms with van der Waals surface area (Å²) >= 11 is 0. The van der Waals surface area contributed by atoms with Gasteiger partial charge in [0, 0.05) is 12.4 Å². The van der Waals surface area contributed by atoms with Gasteiger partial charge in [-0.1, -0.05) is 13.8 Å². The van der Waals surface area contributed by atoms with Crippen LogP contribution in [0.25, 0.3) is 0 Å². The minimum absolute atomic E-state index is 0.151. The van der Waals surface area contributed by atoms with Gasteiger partial charge in [-0.15, -0.1) is 0 Å². The smallest absolute Gasteiger partial charge is 0.327 e. The van der Waals surface area contributed by atoms with Gasteiger partial charge in [0.2, 0.25) is 0 Å². The van der Waals surface area contributed by atoms with Crippen LogP contribution in [0.4, 0.5) is 0 Å². The molecule has 1 rings (SSSR count). The predicted molar refractivity (Wildman–Crippen MR) is 54.7 cm³/mol. The largest absolute Gasteiger partial charge is 0.480 e. The molecular formula is C10H14N2O3. The Morgan fingerprint density at radius 1 is 1.53 bits per heavy atom. The molecule has 1 aromatic heterocycles. The molecule has 0 spiro atoms. The Hall–Kier alpha value is -1.65. The molecule has 0 bridgehead atoms. The molecule has 5 nitrogen and oxygen atoms in total. The summed E-state index contributed by atoms with van der Waals surface area (Å²) in [7, 11) is 0. The van der Waals surface area contributed by atoms with Crippen LogP contribution >= 0.6 is 0 Å². The topological polar surface area (TPSA) is 72.2 Å². The number of rotatable bonds is 3. The van der Waals surface area contributed by atoms with Crippen molar-refractivity contribution >= 4 is 5.97 Å². The third kappa shape index (κ3) is 2.23. The summed E-state index contributed by atoms with van der Waals surface area (Å²) in [5, 5.41) is 9.03. The van der Waals surface area contributed by atoms with Gasteiger partial charge in [-0.05, 0) is 12.8 Å². The van der Waals surface area contributed by atoms with Crippen LogP contribution in [0.5, 0.6) is 0 Å². The van der Waals surface area contributed by atoms with E-state index in [9.17, 15) is 9.59 Å². The molecule has 82 valence electrons. The molecule has 0 radical (unpaired) electrons. The summed E-state index contributed by atoms with van der Waals surface area (Å²) < 4.78 is 1.22. The third-order valence-corrected chi connectivity index (χ3v) is 2.22. The Bertz CT molecular complexity index is 423. The molecule has 15 heavy (non-hydrogen) atoms. The third-order valence-electron chi connectivity index (χ3n) is 2.22. The van der Waals surface area contributed by atoms with Gasteiger partial charge in [0.25, 0.3) is 5.56 Å². The maximum Gasteiger partial charge on any atom is 0.327 e. The highest BCUT2D eigenvalue weighted by Gasteiger charge is 2.24. The van der Waals surface area contributed by atoms with Gasteiger partial charge < -0.3 is 5.11 Å². The summed E-state index contributed by atoms with van der Waals surface area (Å²) in [4.78, 5) is 26.5. The van der Waals surface area contributed by atoms with Gasteiger partial charge in [0.1, 0.15) is 11.7 Å². The lowest BCUT2D eigenvalue weighted by atomic mass is 10.0. The number of carboxylic acids is 1. The van der Waals surface area contributed by atoms with Crippen molar-refractivity contribution in [3.8, 4) is 0 Å². The second-order valence-corrected chi connectivity index (χ2v) is 3.75. The molecule has 0 amide bonds. The molecule has 0 saturated heterocycles. The van der Waals surface area contributed by atoms with E-state index in [-0.39, 0.29) is 11.5 Å². The number of aromatic nitrogens is 2. The van der Waals surface area contributed by atoms with E-state index in [0.29, 0.717) is 5.69 Å². The SMILES string of the molecule is Cc1nccn(C(C(=O)O)C(C)C)c1=O. The number of carbonyl (C=O) groups is 1. The Balaban J connectivity index is 3.30. The van der Waals surface area contributed by atoms with Crippen molar-refractivity contribution in [2.45, 2.75) is 26.8 Å². The number of nitrogens with zero attached hydrogens (tertiary/aromatic N) is 2. The minimum atomic E-state index is -1.00. The summed E-state index contributed by atoms with van der Waals surface area (Å²) in [5.74, 6) is -1.15. The van der Waals surface area contributed by atoms with Crippen LogP contribution in [0.2, 0.25) is 0 Å². The first kappa shape index (κ1) is 11.4. The fourth-order valence-corrected chi connectivity index (χ4v) is 1.47. The Morgan fingerprint density at radius 2 is 2.13 bits per heavy atom. The monoisotopic (exact) mass is 210 g/mol. The molecule has 1 N–H and O–H groups in total. The van der Waals surface area contributed by atoms with Crippen molar-refractivity contribution in [2.75, 3.05) is 0 Å². The van der Waals surface area contributed by atoms with Crippen LogP contribution in [0.3, 0.4) is 0 Å². The van der Waals surface area contributed by atoms with Crippen LogP contribution in [0, 0.1) is 12.8 Å². The standard InChI is InChI=1S/C10H14N2O3/c1-6(2)8(10(14)15)12-5-4-11-7(3)9(12)13/h4-6,8H,1-3H3,(H,14,15). The van der Waals surface area contributed by atoms with Crippen molar-refractivity contribution in [3.63, 3.8) is 0 Å². The zero-order valence-corrected chi connectivity index (χ0v) is 8.97. The lowest BCUT2D eigenvalue weighted by Crippen LogP contribution is -2.34. The normalized spacial score (nSPS) is 12.8. The average molecular weight is 210 g/mol. The molecule has 1 unspecified atom stereocenters.